The van der Waals surface area contributed by atoms with Crippen LogP contribution < -0.4 is 20.1 Å². The van der Waals surface area contributed by atoms with Crippen LogP contribution in [-0.4, -0.2) is 55.0 Å². The van der Waals surface area contributed by atoms with Crippen LogP contribution in [0.15, 0.2) is 53.9 Å². The standard InChI is InChI=1S/C28H30ClF3N4O3S/c1-38-24-8-6-18(12-25(24)39-2)20-14-34-27(35-15-20)40-16-26(37)36-23(19-4-3-9-33-13-19)11-17-5-7-22(29)21(10-17)28(30,31)32/h5-8,10,12,14-15,19,23,33H,3-4,9,11,13,16H2,1-2H3,(H,36,37). The van der Waals surface area contributed by atoms with E-state index in [1.165, 1.54) is 17.8 Å². The van der Waals surface area contributed by atoms with Gasteiger partial charge in [0.2, 0.25) is 5.91 Å². The summed E-state index contributed by atoms with van der Waals surface area (Å²) in [5.41, 5.74) is 1.23. The lowest BCUT2D eigenvalue weighted by molar-refractivity contribution is -0.137. The summed E-state index contributed by atoms with van der Waals surface area (Å²) < 4.78 is 50.8. The summed E-state index contributed by atoms with van der Waals surface area (Å²) in [6.45, 7) is 1.56. The summed E-state index contributed by atoms with van der Waals surface area (Å²) in [5.74, 6) is 1.12. The van der Waals surface area contributed by atoms with Crippen molar-refractivity contribution in [1.29, 1.82) is 0 Å². The van der Waals surface area contributed by atoms with Crippen LogP contribution in [-0.2, 0) is 17.4 Å². The van der Waals surface area contributed by atoms with Gasteiger partial charge in [-0.15, -0.1) is 0 Å². The molecule has 3 aromatic rings. The number of aromatic nitrogens is 2. The van der Waals surface area contributed by atoms with E-state index in [0.29, 0.717) is 28.8 Å². The van der Waals surface area contributed by atoms with Crippen LogP contribution in [0.5, 0.6) is 11.5 Å². The molecule has 2 aromatic carbocycles. The number of carbonyl (C=O) groups is 1. The lowest BCUT2D eigenvalue weighted by Gasteiger charge is -2.32. The summed E-state index contributed by atoms with van der Waals surface area (Å²) >= 11 is 6.98. The molecule has 4 rings (SSSR count). The van der Waals surface area contributed by atoms with Crippen molar-refractivity contribution >= 4 is 29.3 Å². The molecule has 0 bridgehead atoms. The van der Waals surface area contributed by atoms with E-state index < -0.39 is 11.7 Å². The van der Waals surface area contributed by atoms with E-state index in [4.69, 9.17) is 21.1 Å². The Bertz CT molecular complexity index is 1300. The maximum Gasteiger partial charge on any atom is 0.417 e. The first-order valence-corrected chi connectivity index (χ1v) is 14.1. The van der Waals surface area contributed by atoms with E-state index in [0.717, 1.165) is 36.6 Å². The quantitative estimate of drug-likeness (QED) is 0.232. The maximum absolute atomic E-state index is 13.4. The zero-order valence-corrected chi connectivity index (χ0v) is 23.6. The molecule has 0 radical (unpaired) electrons. The second-order valence-corrected chi connectivity index (χ2v) is 10.8. The number of nitrogens with zero attached hydrogens (tertiary/aromatic N) is 2. The van der Waals surface area contributed by atoms with Gasteiger partial charge in [0.25, 0.3) is 0 Å². The highest BCUT2D eigenvalue weighted by Gasteiger charge is 2.34. The minimum atomic E-state index is -4.55. The molecule has 1 fully saturated rings. The summed E-state index contributed by atoms with van der Waals surface area (Å²) in [4.78, 5) is 21.7. The number of nitrogens with one attached hydrogen (secondary N) is 2. The Kier molecular flexibility index (Phi) is 10.2. The number of benzene rings is 2. The summed E-state index contributed by atoms with van der Waals surface area (Å²) in [5, 5.41) is 6.45. The molecule has 2 atom stereocenters. The van der Waals surface area contributed by atoms with Gasteiger partial charge in [-0.2, -0.15) is 13.2 Å². The van der Waals surface area contributed by atoms with E-state index >= 15 is 0 Å². The molecule has 1 aromatic heterocycles. The first kappa shape index (κ1) is 30.0. The second-order valence-electron chi connectivity index (χ2n) is 9.41. The number of piperidine rings is 1. The monoisotopic (exact) mass is 594 g/mol. The highest BCUT2D eigenvalue weighted by Crippen LogP contribution is 2.36. The molecule has 1 saturated heterocycles. The lowest BCUT2D eigenvalue weighted by Crippen LogP contribution is -2.48. The molecular weight excluding hydrogens is 565 g/mol. The number of ether oxygens (including phenoxy) is 2. The molecule has 214 valence electrons. The van der Waals surface area contributed by atoms with Crippen molar-refractivity contribution in [2.75, 3.05) is 33.1 Å². The molecule has 0 saturated carbocycles. The largest absolute Gasteiger partial charge is 0.493 e. The van der Waals surface area contributed by atoms with Gasteiger partial charge in [-0.1, -0.05) is 35.5 Å². The molecular formula is C28H30ClF3N4O3S. The summed E-state index contributed by atoms with van der Waals surface area (Å²) in [6.07, 6.45) is 0.850. The fraction of sp³-hybridized carbons (Fsp3) is 0.393. The summed E-state index contributed by atoms with van der Waals surface area (Å²) in [7, 11) is 3.13. The van der Waals surface area contributed by atoms with Gasteiger partial charge in [0.1, 0.15) is 0 Å². The Morgan fingerprint density at radius 2 is 1.88 bits per heavy atom. The third-order valence-electron chi connectivity index (χ3n) is 6.72. The Labute approximate surface area is 240 Å². The van der Waals surface area contributed by atoms with Crippen molar-refractivity contribution in [3.63, 3.8) is 0 Å². The third kappa shape index (κ3) is 7.80. The molecule has 7 nitrogen and oxygen atoms in total. The zero-order valence-electron chi connectivity index (χ0n) is 22.1. The molecule has 1 aliphatic rings. The van der Waals surface area contributed by atoms with Crippen LogP contribution in [0.4, 0.5) is 13.2 Å². The van der Waals surface area contributed by atoms with Gasteiger partial charge < -0.3 is 20.1 Å². The number of thioether (sulfide) groups is 1. The van der Waals surface area contributed by atoms with Gasteiger partial charge >= 0.3 is 6.18 Å². The van der Waals surface area contributed by atoms with Crippen LogP contribution in [0.1, 0.15) is 24.0 Å². The number of hydrogen-bond acceptors (Lipinski definition) is 7. The number of halogens is 4. The third-order valence-corrected chi connectivity index (χ3v) is 7.92. The molecule has 2 unspecified atom stereocenters. The van der Waals surface area contributed by atoms with Gasteiger partial charge in [0.05, 0.1) is 30.6 Å². The van der Waals surface area contributed by atoms with E-state index in [1.54, 1.807) is 38.7 Å². The Hall–Kier alpha value is -3.02. The summed E-state index contributed by atoms with van der Waals surface area (Å²) in [6, 6.07) is 9.08. The number of alkyl halides is 3. The van der Waals surface area contributed by atoms with Crippen molar-refractivity contribution < 1.29 is 27.4 Å². The van der Waals surface area contributed by atoms with Crippen molar-refractivity contribution in [1.82, 2.24) is 20.6 Å². The van der Waals surface area contributed by atoms with Crippen molar-refractivity contribution in [2.45, 2.75) is 36.6 Å². The van der Waals surface area contributed by atoms with Gasteiger partial charge in [-0.3, -0.25) is 4.79 Å². The SMILES string of the molecule is COc1ccc(-c2cnc(SCC(=O)NC(Cc3ccc(Cl)c(C(F)(F)F)c3)C3CCCNC3)nc2)cc1OC. The zero-order chi connectivity index (χ0) is 28.7. The van der Waals surface area contributed by atoms with Gasteiger partial charge in [0.15, 0.2) is 16.7 Å². The highest BCUT2D eigenvalue weighted by atomic mass is 35.5. The van der Waals surface area contributed by atoms with Crippen LogP contribution >= 0.6 is 23.4 Å². The highest BCUT2D eigenvalue weighted by molar-refractivity contribution is 7.99. The van der Waals surface area contributed by atoms with Gasteiger partial charge in [0, 0.05) is 24.0 Å². The predicted octanol–water partition coefficient (Wildman–Crippen LogP) is 5.65. The Morgan fingerprint density at radius 3 is 2.52 bits per heavy atom. The average molecular weight is 595 g/mol. The average Bonchev–Trinajstić information content (AvgIpc) is 2.96. The van der Waals surface area contributed by atoms with Crippen molar-refractivity contribution in [3.8, 4) is 22.6 Å². The minimum absolute atomic E-state index is 0.0702. The fourth-order valence-corrected chi connectivity index (χ4v) is 5.49. The first-order chi connectivity index (χ1) is 19.2. The molecule has 2 N–H and O–H groups in total. The van der Waals surface area contributed by atoms with Crippen LogP contribution in [0.25, 0.3) is 11.1 Å². The van der Waals surface area contributed by atoms with Gasteiger partial charge in [-0.25, -0.2) is 9.97 Å². The van der Waals surface area contributed by atoms with E-state index in [2.05, 4.69) is 20.6 Å². The minimum Gasteiger partial charge on any atom is -0.493 e. The molecule has 2 heterocycles. The molecule has 12 heteroatoms. The Morgan fingerprint density at radius 1 is 1.12 bits per heavy atom. The number of rotatable bonds is 10. The number of methoxy groups -OCH3 is 2. The number of hydrogen-bond donors (Lipinski definition) is 2. The van der Waals surface area contributed by atoms with E-state index in [9.17, 15) is 18.0 Å². The molecule has 1 amide bonds. The molecule has 40 heavy (non-hydrogen) atoms. The Balaban J connectivity index is 1.40. The molecule has 0 aliphatic carbocycles. The normalized spacial score (nSPS) is 16.3. The smallest absolute Gasteiger partial charge is 0.417 e. The van der Waals surface area contributed by atoms with Crippen molar-refractivity contribution in [3.05, 3.63) is 64.9 Å². The first-order valence-electron chi connectivity index (χ1n) is 12.7. The van der Waals surface area contributed by atoms with Crippen LogP contribution in [0.2, 0.25) is 5.02 Å². The maximum atomic E-state index is 13.4. The van der Waals surface area contributed by atoms with Crippen LogP contribution in [0, 0.1) is 5.92 Å². The number of amides is 1. The molecule has 1 aliphatic heterocycles. The van der Waals surface area contributed by atoms with Crippen LogP contribution in [0.3, 0.4) is 0 Å². The van der Waals surface area contributed by atoms with E-state index in [-0.39, 0.29) is 35.1 Å². The predicted molar refractivity (Wildman–Crippen MR) is 149 cm³/mol. The second kappa shape index (κ2) is 13.6. The van der Waals surface area contributed by atoms with Crippen molar-refractivity contribution in [2.24, 2.45) is 5.92 Å². The van der Waals surface area contributed by atoms with Gasteiger partial charge in [-0.05, 0) is 73.7 Å². The molecule has 0 spiro atoms. The van der Waals surface area contributed by atoms with E-state index in [1.807, 2.05) is 12.1 Å². The lowest BCUT2D eigenvalue weighted by atomic mass is 9.87. The fourth-order valence-electron chi connectivity index (χ4n) is 4.66. The topological polar surface area (TPSA) is 85.4 Å². The number of carbonyl (C=O) groups excluding carboxylic acids is 1.